The van der Waals surface area contributed by atoms with Crippen LogP contribution in [0, 0.1) is 6.92 Å². The smallest absolute Gasteiger partial charge is 0.322 e. The van der Waals surface area contributed by atoms with Crippen molar-refractivity contribution >= 4 is 17.6 Å². The number of nitrogens with one attached hydrogen (secondary N) is 2. The van der Waals surface area contributed by atoms with E-state index in [0.29, 0.717) is 25.4 Å². The third-order valence-electron chi connectivity index (χ3n) is 4.72. The molecule has 1 heterocycles. The van der Waals surface area contributed by atoms with Crippen LogP contribution in [0.3, 0.4) is 0 Å². The molecule has 0 aliphatic rings. The Labute approximate surface area is 182 Å². The third kappa shape index (κ3) is 6.60. The summed E-state index contributed by atoms with van der Waals surface area (Å²) in [7, 11) is 0. The second-order valence-electron chi connectivity index (χ2n) is 7.25. The quantitative estimate of drug-likeness (QED) is 0.508. The van der Waals surface area contributed by atoms with E-state index >= 15 is 0 Å². The van der Waals surface area contributed by atoms with E-state index in [0.717, 1.165) is 22.4 Å². The average molecular weight is 418 g/mol. The van der Waals surface area contributed by atoms with E-state index in [1.807, 2.05) is 55.5 Å². The highest BCUT2D eigenvalue weighted by molar-refractivity contribution is 5.92. The number of nitrogens with zero attached hydrogens (tertiary/aromatic N) is 1. The monoisotopic (exact) mass is 417 g/mol. The second kappa shape index (κ2) is 10.8. The molecule has 2 N–H and O–H groups in total. The molecule has 3 rings (SSSR count). The normalized spacial score (nSPS) is 10.4. The Bertz CT molecular complexity index is 1010. The highest BCUT2D eigenvalue weighted by Crippen LogP contribution is 2.19. The molecule has 3 aromatic rings. The first kappa shape index (κ1) is 21.9. The molecule has 0 unspecified atom stereocenters. The van der Waals surface area contributed by atoms with Crippen LogP contribution in [0.15, 0.2) is 84.0 Å². The lowest BCUT2D eigenvalue weighted by molar-refractivity contribution is -0.120. The Morgan fingerprint density at radius 1 is 1.03 bits per heavy atom. The van der Waals surface area contributed by atoms with Gasteiger partial charge in [-0.25, -0.2) is 4.79 Å². The number of furan rings is 1. The van der Waals surface area contributed by atoms with Crippen LogP contribution in [0.5, 0.6) is 0 Å². The van der Waals surface area contributed by atoms with Crippen LogP contribution in [0.2, 0.25) is 0 Å². The molecule has 0 saturated carbocycles. The maximum Gasteiger partial charge on any atom is 0.322 e. The summed E-state index contributed by atoms with van der Waals surface area (Å²) in [5.74, 6) is 0.616. The number of carbonyl (C=O) groups excluding carboxylic acids is 2. The number of carbonyl (C=O) groups is 2. The first-order valence-corrected chi connectivity index (χ1v) is 10.1. The van der Waals surface area contributed by atoms with Gasteiger partial charge in [0.2, 0.25) is 5.91 Å². The summed E-state index contributed by atoms with van der Waals surface area (Å²) < 4.78 is 5.22. The highest BCUT2D eigenvalue weighted by Gasteiger charge is 2.16. The van der Waals surface area contributed by atoms with Gasteiger partial charge in [0.1, 0.15) is 5.76 Å². The van der Waals surface area contributed by atoms with Gasteiger partial charge in [0.25, 0.3) is 0 Å². The lowest BCUT2D eigenvalue weighted by atomic mass is 10.1. The van der Waals surface area contributed by atoms with E-state index in [9.17, 15) is 9.59 Å². The Hall–Kier alpha value is -3.80. The number of rotatable bonds is 9. The Morgan fingerprint density at radius 3 is 2.52 bits per heavy atom. The predicted molar refractivity (Wildman–Crippen MR) is 122 cm³/mol. The lowest BCUT2D eigenvalue weighted by Gasteiger charge is -2.23. The van der Waals surface area contributed by atoms with Gasteiger partial charge < -0.3 is 15.1 Å². The number of hydrogen-bond donors (Lipinski definition) is 2. The Balaban J connectivity index is 1.67. The van der Waals surface area contributed by atoms with Crippen molar-refractivity contribution in [3.8, 4) is 0 Å². The highest BCUT2D eigenvalue weighted by atomic mass is 16.3. The maximum atomic E-state index is 12.7. The van der Waals surface area contributed by atoms with Gasteiger partial charge in [-0.05, 0) is 42.3 Å². The van der Waals surface area contributed by atoms with Crippen LogP contribution < -0.4 is 15.5 Å². The maximum absolute atomic E-state index is 12.7. The number of benzene rings is 2. The van der Waals surface area contributed by atoms with Gasteiger partial charge >= 0.3 is 6.03 Å². The summed E-state index contributed by atoms with van der Waals surface area (Å²) in [6, 6.07) is 18.9. The van der Waals surface area contributed by atoms with Gasteiger partial charge in [-0.1, -0.05) is 48.0 Å². The summed E-state index contributed by atoms with van der Waals surface area (Å²) in [5, 5.41) is 5.67. The van der Waals surface area contributed by atoms with Crippen molar-refractivity contribution in [3.05, 3.63) is 102 Å². The average Bonchev–Trinajstić information content (AvgIpc) is 3.29. The molecule has 1 aromatic heterocycles. The zero-order valence-electron chi connectivity index (χ0n) is 17.6. The van der Waals surface area contributed by atoms with Crippen LogP contribution in [0.4, 0.5) is 10.5 Å². The minimum absolute atomic E-state index is 0.0931. The summed E-state index contributed by atoms with van der Waals surface area (Å²) in [5.41, 5.74) is 3.79. The van der Waals surface area contributed by atoms with Gasteiger partial charge in [0.15, 0.2) is 0 Å². The molecule has 0 atom stereocenters. The van der Waals surface area contributed by atoms with Gasteiger partial charge in [-0.2, -0.15) is 0 Å². The molecule has 0 aliphatic carbocycles. The number of aryl methyl sites for hydroxylation is 1. The minimum Gasteiger partial charge on any atom is -0.467 e. The van der Waals surface area contributed by atoms with Crippen LogP contribution in [-0.2, 0) is 24.3 Å². The molecule has 0 spiro atoms. The molecular weight excluding hydrogens is 390 g/mol. The molecule has 6 nitrogen and oxygen atoms in total. The van der Waals surface area contributed by atoms with Crippen LogP contribution in [0.1, 0.15) is 22.5 Å². The number of hydrogen-bond acceptors (Lipinski definition) is 3. The SMILES string of the molecule is C=CCNC(=O)N(Cc1cccc(C)c1)c1ccc(CC(=O)NCc2ccco2)cc1. The van der Waals surface area contributed by atoms with Crippen molar-refractivity contribution in [2.45, 2.75) is 26.4 Å². The third-order valence-corrected chi connectivity index (χ3v) is 4.72. The van der Waals surface area contributed by atoms with E-state index in [1.165, 1.54) is 0 Å². The van der Waals surface area contributed by atoms with Gasteiger partial charge in [0.05, 0.1) is 25.8 Å². The molecule has 6 heteroatoms. The van der Waals surface area contributed by atoms with Crippen molar-refractivity contribution in [3.63, 3.8) is 0 Å². The molecule has 0 bridgehead atoms. The zero-order chi connectivity index (χ0) is 22.1. The Morgan fingerprint density at radius 2 is 1.84 bits per heavy atom. The summed E-state index contributed by atoms with van der Waals surface area (Å²) >= 11 is 0. The fourth-order valence-corrected chi connectivity index (χ4v) is 3.17. The first-order chi connectivity index (χ1) is 15.0. The van der Waals surface area contributed by atoms with E-state index in [1.54, 1.807) is 23.3 Å². The molecule has 0 radical (unpaired) electrons. The van der Waals surface area contributed by atoms with Crippen molar-refractivity contribution in [1.82, 2.24) is 10.6 Å². The zero-order valence-corrected chi connectivity index (χ0v) is 17.6. The van der Waals surface area contributed by atoms with E-state index in [-0.39, 0.29) is 18.4 Å². The van der Waals surface area contributed by atoms with Gasteiger partial charge in [0, 0.05) is 12.2 Å². The standard InChI is InChI=1S/C25H27N3O3/c1-3-13-26-25(30)28(18-21-7-4-6-19(2)15-21)22-11-9-20(10-12-22)16-24(29)27-17-23-8-5-14-31-23/h3-12,14-15H,1,13,16-18H2,2H3,(H,26,30)(H,27,29). The summed E-state index contributed by atoms with van der Waals surface area (Å²) in [6.07, 6.45) is 3.47. The molecule has 31 heavy (non-hydrogen) atoms. The van der Waals surface area contributed by atoms with Crippen molar-refractivity contribution in [1.29, 1.82) is 0 Å². The van der Waals surface area contributed by atoms with Crippen LogP contribution in [-0.4, -0.2) is 18.5 Å². The summed E-state index contributed by atoms with van der Waals surface area (Å²) in [6.45, 7) is 6.86. The molecule has 0 aliphatic heterocycles. The van der Waals surface area contributed by atoms with Crippen molar-refractivity contribution in [2.24, 2.45) is 0 Å². The van der Waals surface area contributed by atoms with Gasteiger partial charge in [-0.15, -0.1) is 6.58 Å². The fourth-order valence-electron chi connectivity index (χ4n) is 3.17. The molecule has 160 valence electrons. The fraction of sp³-hybridized carbons (Fsp3) is 0.200. The molecule has 3 amide bonds. The van der Waals surface area contributed by atoms with E-state index in [2.05, 4.69) is 23.3 Å². The first-order valence-electron chi connectivity index (χ1n) is 10.1. The molecule has 2 aromatic carbocycles. The summed E-state index contributed by atoms with van der Waals surface area (Å²) in [4.78, 5) is 26.6. The number of amides is 3. The van der Waals surface area contributed by atoms with Crippen LogP contribution >= 0.6 is 0 Å². The Kier molecular flexibility index (Phi) is 7.65. The van der Waals surface area contributed by atoms with E-state index in [4.69, 9.17) is 4.42 Å². The molecular formula is C25H27N3O3. The van der Waals surface area contributed by atoms with Crippen molar-refractivity contribution in [2.75, 3.05) is 11.4 Å². The van der Waals surface area contributed by atoms with Crippen molar-refractivity contribution < 1.29 is 14.0 Å². The molecule has 0 fully saturated rings. The minimum atomic E-state index is -0.203. The number of anilines is 1. The predicted octanol–water partition coefficient (Wildman–Crippen LogP) is 4.35. The largest absolute Gasteiger partial charge is 0.467 e. The van der Waals surface area contributed by atoms with Crippen LogP contribution in [0.25, 0.3) is 0 Å². The second-order valence-corrected chi connectivity index (χ2v) is 7.25. The lowest BCUT2D eigenvalue weighted by Crippen LogP contribution is -2.39. The number of urea groups is 1. The van der Waals surface area contributed by atoms with E-state index < -0.39 is 0 Å². The topological polar surface area (TPSA) is 74.6 Å². The molecule has 0 saturated heterocycles. The van der Waals surface area contributed by atoms with Gasteiger partial charge in [-0.3, -0.25) is 9.69 Å².